The van der Waals surface area contributed by atoms with E-state index in [0.29, 0.717) is 11.4 Å². The van der Waals surface area contributed by atoms with E-state index in [4.69, 9.17) is 20.3 Å². The Labute approximate surface area is 109 Å². The Balaban J connectivity index is 2.08. The van der Waals surface area contributed by atoms with Crippen molar-refractivity contribution in [2.24, 2.45) is 0 Å². The maximum Gasteiger partial charge on any atom is 0.229 e. The Morgan fingerprint density at radius 1 is 1.05 bits per heavy atom. The van der Waals surface area contributed by atoms with E-state index in [9.17, 15) is 15.3 Å². The Morgan fingerprint density at radius 2 is 1.68 bits per heavy atom. The van der Waals surface area contributed by atoms with Crippen molar-refractivity contribution in [3.63, 3.8) is 0 Å². The predicted molar refractivity (Wildman–Crippen MR) is 65.2 cm³/mol. The highest BCUT2D eigenvalue weighted by molar-refractivity contribution is 5.41. The van der Waals surface area contributed by atoms with E-state index in [1.165, 1.54) is 0 Å². The van der Waals surface area contributed by atoms with Crippen molar-refractivity contribution in [3.05, 3.63) is 24.3 Å². The van der Waals surface area contributed by atoms with Crippen LogP contribution in [0.25, 0.3) is 0 Å². The molecule has 1 aromatic rings. The average molecular weight is 271 g/mol. The molecule has 0 saturated carbocycles. The summed E-state index contributed by atoms with van der Waals surface area (Å²) in [5, 5.41) is 38.0. The summed E-state index contributed by atoms with van der Waals surface area (Å²) in [5.74, 6) is 0.388. The van der Waals surface area contributed by atoms with Crippen molar-refractivity contribution < 1.29 is 29.9 Å². The molecule has 2 rings (SSSR count). The summed E-state index contributed by atoms with van der Waals surface area (Å²) in [5.41, 5.74) is 6.09. The summed E-state index contributed by atoms with van der Waals surface area (Å²) in [6.45, 7) is -0.494. The molecule has 6 N–H and O–H groups in total. The highest BCUT2D eigenvalue weighted by Gasteiger charge is 2.44. The SMILES string of the molecule is Nc1ccc(O[C@H]2O[C@@H](CO)[C@@H](O)[C@@H](O)[C@@H]2O)cc1. The predicted octanol–water partition coefficient (Wildman–Crippen LogP) is -1.55. The number of hydrogen-bond acceptors (Lipinski definition) is 7. The summed E-state index contributed by atoms with van der Waals surface area (Å²) in [7, 11) is 0. The van der Waals surface area contributed by atoms with Gasteiger partial charge in [-0.25, -0.2) is 0 Å². The molecule has 0 amide bonds. The Bertz CT molecular complexity index is 409. The average Bonchev–Trinajstić information content (AvgIpc) is 2.42. The Kier molecular flexibility index (Phi) is 4.23. The second-order valence-electron chi connectivity index (χ2n) is 4.38. The molecule has 1 aromatic carbocycles. The molecule has 1 aliphatic rings. The van der Waals surface area contributed by atoms with Crippen molar-refractivity contribution in [1.82, 2.24) is 0 Å². The number of ether oxygens (including phenoxy) is 2. The number of aliphatic hydroxyl groups excluding tert-OH is 4. The first-order valence-electron chi connectivity index (χ1n) is 5.85. The van der Waals surface area contributed by atoms with Crippen LogP contribution in [0.3, 0.4) is 0 Å². The van der Waals surface area contributed by atoms with Gasteiger partial charge < -0.3 is 35.6 Å². The van der Waals surface area contributed by atoms with Gasteiger partial charge in [-0.2, -0.15) is 0 Å². The molecule has 0 radical (unpaired) electrons. The van der Waals surface area contributed by atoms with E-state index in [-0.39, 0.29) is 0 Å². The third kappa shape index (κ3) is 2.96. The molecule has 1 fully saturated rings. The van der Waals surface area contributed by atoms with E-state index in [1.54, 1.807) is 24.3 Å². The molecule has 5 atom stereocenters. The molecular formula is C12H17NO6. The van der Waals surface area contributed by atoms with Gasteiger partial charge in [0.25, 0.3) is 0 Å². The van der Waals surface area contributed by atoms with Gasteiger partial charge in [0, 0.05) is 5.69 Å². The summed E-state index contributed by atoms with van der Waals surface area (Å²) in [6.07, 6.45) is -6.44. The topological polar surface area (TPSA) is 125 Å². The van der Waals surface area contributed by atoms with Crippen LogP contribution in [0.2, 0.25) is 0 Å². The molecule has 0 spiro atoms. The molecule has 106 valence electrons. The molecule has 1 saturated heterocycles. The third-order valence-electron chi connectivity index (χ3n) is 2.98. The molecular weight excluding hydrogens is 254 g/mol. The largest absolute Gasteiger partial charge is 0.462 e. The second-order valence-corrected chi connectivity index (χ2v) is 4.38. The van der Waals surface area contributed by atoms with Gasteiger partial charge in [-0.05, 0) is 24.3 Å². The second kappa shape index (κ2) is 5.72. The van der Waals surface area contributed by atoms with Gasteiger partial charge in [0.05, 0.1) is 6.61 Å². The van der Waals surface area contributed by atoms with Gasteiger partial charge in [0.2, 0.25) is 6.29 Å². The summed E-state index contributed by atoms with van der Waals surface area (Å²) in [6, 6.07) is 6.38. The lowest BCUT2D eigenvalue weighted by molar-refractivity contribution is -0.277. The summed E-state index contributed by atoms with van der Waals surface area (Å²) in [4.78, 5) is 0. The van der Waals surface area contributed by atoms with E-state index >= 15 is 0 Å². The van der Waals surface area contributed by atoms with Gasteiger partial charge in [-0.3, -0.25) is 0 Å². The fraction of sp³-hybridized carbons (Fsp3) is 0.500. The standard InChI is InChI=1S/C12H17NO6/c13-6-1-3-7(4-2-6)18-12-11(17)10(16)9(15)8(5-14)19-12/h1-4,8-12,14-17H,5,13H2/t8-,9+,10+,11-,12-/m0/s1. The fourth-order valence-corrected chi connectivity index (χ4v) is 1.85. The molecule has 0 aliphatic carbocycles. The highest BCUT2D eigenvalue weighted by Crippen LogP contribution is 2.24. The molecule has 1 heterocycles. The lowest BCUT2D eigenvalue weighted by atomic mass is 9.99. The molecule has 7 nitrogen and oxygen atoms in total. The van der Waals surface area contributed by atoms with Crippen molar-refractivity contribution in [2.45, 2.75) is 30.7 Å². The number of benzene rings is 1. The molecule has 0 unspecified atom stereocenters. The van der Waals surface area contributed by atoms with Gasteiger partial charge in [0.15, 0.2) is 0 Å². The smallest absolute Gasteiger partial charge is 0.229 e. The van der Waals surface area contributed by atoms with Crippen LogP contribution in [0.4, 0.5) is 5.69 Å². The number of anilines is 1. The van der Waals surface area contributed by atoms with Gasteiger partial charge in [-0.15, -0.1) is 0 Å². The van der Waals surface area contributed by atoms with Crippen LogP contribution in [-0.4, -0.2) is 57.7 Å². The van der Waals surface area contributed by atoms with Crippen LogP contribution < -0.4 is 10.5 Å². The van der Waals surface area contributed by atoms with E-state index < -0.39 is 37.3 Å². The number of aliphatic hydroxyl groups is 4. The zero-order valence-electron chi connectivity index (χ0n) is 10.1. The van der Waals surface area contributed by atoms with Crippen LogP contribution >= 0.6 is 0 Å². The van der Waals surface area contributed by atoms with Crippen molar-refractivity contribution in [2.75, 3.05) is 12.3 Å². The zero-order valence-corrected chi connectivity index (χ0v) is 10.1. The maximum atomic E-state index is 9.77. The van der Waals surface area contributed by atoms with Crippen LogP contribution in [0, 0.1) is 0 Å². The molecule has 0 bridgehead atoms. The lowest BCUT2D eigenvalue weighted by Crippen LogP contribution is -2.60. The van der Waals surface area contributed by atoms with Crippen molar-refractivity contribution in [3.8, 4) is 5.75 Å². The highest BCUT2D eigenvalue weighted by atomic mass is 16.7. The maximum absolute atomic E-state index is 9.77. The number of nitrogen functional groups attached to an aromatic ring is 1. The van der Waals surface area contributed by atoms with Crippen LogP contribution in [0.1, 0.15) is 0 Å². The molecule has 7 heteroatoms. The molecule has 0 aromatic heterocycles. The monoisotopic (exact) mass is 271 g/mol. The van der Waals surface area contributed by atoms with E-state index in [0.717, 1.165) is 0 Å². The number of hydrogen-bond donors (Lipinski definition) is 5. The van der Waals surface area contributed by atoms with E-state index in [2.05, 4.69) is 0 Å². The number of rotatable bonds is 3. The van der Waals surface area contributed by atoms with Crippen LogP contribution in [-0.2, 0) is 4.74 Å². The fourth-order valence-electron chi connectivity index (χ4n) is 1.85. The minimum absolute atomic E-state index is 0.388. The van der Waals surface area contributed by atoms with E-state index in [1.807, 2.05) is 0 Å². The van der Waals surface area contributed by atoms with Crippen LogP contribution in [0.5, 0.6) is 5.75 Å². The first kappa shape index (κ1) is 14.0. The molecule has 19 heavy (non-hydrogen) atoms. The van der Waals surface area contributed by atoms with Gasteiger partial charge in [0.1, 0.15) is 30.2 Å². The van der Waals surface area contributed by atoms with Crippen molar-refractivity contribution >= 4 is 5.69 Å². The Morgan fingerprint density at radius 3 is 2.26 bits per heavy atom. The molecule has 1 aliphatic heterocycles. The minimum Gasteiger partial charge on any atom is -0.462 e. The van der Waals surface area contributed by atoms with Crippen molar-refractivity contribution in [1.29, 1.82) is 0 Å². The van der Waals surface area contributed by atoms with Gasteiger partial charge >= 0.3 is 0 Å². The number of nitrogens with two attached hydrogens (primary N) is 1. The minimum atomic E-state index is -1.45. The quantitative estimate of drug-likeness (QED) is 0.421. The summed E-state index contributed by atoms with van der Waals surface area (Å²) < 4.78 is 10.6. The van der Waals surface area contributed by atoms with Crippen LogP contribution in [0.15, 0.2) is 24.3 Å². The first-order valence-corrected chi connectivity index (χ1v) is 5.85. The van der Waals surface area contributed by atoms with Gasteiger partial charge in [-0.1, -0.05) is 0 Å². The normalized spacial score (nSPS) is 35.1. The first-order chi connectivity index (χ1) is 9.02. The lowest BCUT2D eigenvalue weighted by Gasteiger charge is -2.39. The Hall–Kier alpha value is -1.38. The third-order valence-corrected chi connectivity index (χ3v) is 2.98. The zero-order chi connectivity index (χ0) is 14.0. The summed E-state index contributed by atoms with van der Waals surface area (Å²) >= 11 is 0.